The molecule has 1 heterocycles. The molecule has 2 aromatic rings. The molecule has 0 aliphatic rings. The van der Waals surface area contributed by atoms with E-state index < -0.39 is 5.54 Å². The van der Waals surface area contributed by atoms with Crippen LogP contribution in [0.25, 0.3) is 0 Å². The van der Waals surface area contributed by atoms with Crippen molar-refractivity contribution in [2.75, 3.05) is 12.4 Å². The first-order chi connectivity index (χ1) is 9.66. The highest BCUT2D eigenvalue weighted by Gasteiger charge is 2.32. The molecule has 1 atom stereocenters. The monoisotopic (exact) mass is 309 g/mol. The van der Waals surface area contributed by atoms with Gasteiger partial charge in [0, 0.05) is 11.8 Å². The minimum atomic E-state index is -0.467. The van der Waals surface area contributed by atoms with Gasteiger partial charge in [0.25, 0.3) is 0 Å². The summed E-state index contributed by atoms with van der Waals surface area (Å²) in [5.41, 5.74) is 2.35. The highest BCUT2D eigenvalue weighted by atomic mass is 32.2. The number of hydrogen-bond acceptors (Lipinski definition) is 6. The molecule has 1 aromatic heterocycles. The molecule has 0 saturated carbocycles. The summed E-state index contributed by atoms with van der Waals surface area (Å²) in [7, 11) is 0. The quantitative estimate of drug-likeness (QED) is 0.770. The van der Waals surface area contributed by atoms with Crippen LogP contribution in [0.2, 0.25) is 0 Å². The highest BCUT2D eigenvalue weighted by molar-refractivity contribution is 8.01. The maximum atomic E-state index is 10.00. The van der Waals surface area contributed by atoms with Gasteiger partial charge in [-0.3, -0.25) is 0 Å². The number of aliphatic hydroxyl groups excluding tert-OH is 1. The molecule has 2 N–H and O–H groups in total. The van der Waals surface area contributed by atoms with Crippen LogP contribution >= 0.6 is 23.1 Å². The van der Waals surface area contributed by atoms with Gasteiger partial charge in [0.2, 0.25) is 0 Å². The average molecular weight is 309 g/mol. The van der Waals surface area contributed by atoms with Gasteiger partial charge in [0.15, 0.2) is 4.34 Å². The molecule has 6 heteroatoms. The SMILES string of the molecule is CC(C)NC(CO)(CSc1nncs1)c1ccccc1. The Morgan fingerprint density at radius 3 is 2.65 bits per heavy atom. The van der Waals surface area contributed by atoms with Crippen LogP contribution in [0.15, 0.2) is 40.2 Å². The van der Waals surface area contributed by atoms with Gasteiger partial charge < -0.3 is 10.4 Å². The number of aromatic nitrogens is 2. The van der Waals surface area contributed by atoms with E-state index in [4.69, 9.17) is 0 Å². The van der Waals surface area contributed by atoms with Crippen LogP contribution in [0.3, 0.4) is 0 Å². The van der Waals surface area contributed by atoms with Crippen molar-refractivity contribution in [2.45, 2.75) is 29.8 Å². The molecule has 0 aliphatic carbocycles. The molecule has 0 amide bonds. The summed E-state index contributed by atoms with van der Waals surface area (Å²) in [5.74, 6) is 0.709. The topological polar surface area (TPSA) is 58.0 Å². The zero-order valence-corrected chi connectivity index (χ0v) is 13.2. The summed E-state index contributed by atoms with van der Waals surface area (Å²) >= 11 is 3.14. The van der Waals surface area contributed by atoms with Gasteiger partial charge in [-0.05, 0) is 19.4 Å². The molecule has 0 fully saturated rings. The van der Waals surface area contributed by atoms with E-state index in [0.29, 0.717) is 5.75 Å². The molecule has 0 bridgehead atoms. The minimum absolute atomic E-state index is 0.0427. The van der Waals surface area contributed by atoms with Gasteiger partial charge in [-0.1, -0.05) is 53.4 Å². The number of aliphatic hydroxyl groups is 1. The predicted octanol–water partition coefficient (Wildman–Crippen LogP) is 2.52. The Labute approximate surface area is 127 Å². The van der Waals surface area contributed by atoms with E-state index in [1.54, 1.807) is 17.3 Å². The Morgan fingerprint density at radius 1 is 1.35 bits per heavy atom. The number of rotatable bonds is 7. The first-order valence-corrected chi connectivity index (χ1v) is 8.36. The summed E-state index contributed by atoms with van der Waals surface area (Å²) in [6, 6.07) is 10.4. The molecular weight excluding hydrogens is 290 g/mol. The van der Waals surface area contributed by atoms with Crippen molar-refractivity contribution in [3.05, 3.63) is 41.4 Å². The lowest BCUT2D eigenvalue weighted by Gasteiger charge is -2.35. The summed E-state index contributed by atoms with van der Waals surface area (Å²) in [6.45, 7) is 4.22. The summed E-state index contributed by atoms with van der Waals surface area (Å²) in [4.78, 5) is 0. The molecule has 0 aliphatic heterocycles. The Morgan fingerprint density at radius 2 is 2.10 bits per heavy atom. The van der Waals surface area contributed by atoms with Crippen molar-refractivity contribution in [1.29, 1.82) is 0 Å². The highest BCUT2D eigenvalue weighted by Crippen LogP contribution is 2.30. The summed E-state index contributed by atoms with van der Waals surface area (Å²) in [5, 5.41) is 21.4. The van der Waals surface area contributed by atoms with Crippen LogP contribution in [-0.4, -0.2) is 33.7 Å². The van der Waals surface area contributed by atoms with E-state index in [9.17, 15) is 5.11 Å². The van der Waals surface area contributed by atoms with E-state index in [-0.39, 0.29) is 12.6 Å². The third kappa shape index (κ3) is 3.79. The molecule has 0 radical (unpaired) electrons. The fraction of sp³-hybridized carbons (Fsp3) is 0.429. The molecule has 0 spiro atoms. The van der Waals surface area contributed by atoms with Crippen molar-refractivity contribution < 1.29 is 5.11 Å². The predicted molar refractivity (Wildman–Crippen MR) is 84.1 cm³/mol. The van der Waals surface area contributed by atoms with Gasteiger partial charge in [-0.25, -0.2) is 0 Å². The third-order valence-electron chi connectivity index (χ3n) is 2.94. The first-order valence-electron chi connectivity index (χ1n) is 6.49. The molecule has 20 heavy (non-hydrogen) atoms. The molecule has 1 unspecified atom stereocenters. The molecule has 0 saturated heterocycles. The van der Waals surface area contributed by atoms with Crippen molar-refractivity contribution in [3.63, 3.8) is 0 Å². The van der Waals surface area contributed by atoms with E-state index >= 15 is 0 Å². The van der Waals surface area contributed by atoms with Crippen molar-refractivity contribution in [2.24, 2.45) is 0 Å². The van der Waals surface area contributed by atoms with Crippen molar-refractivity contribution in [1.82, 2.24) is 15.5 Å². The lowest BCUT2D eigenvalue weighted by molar-refractivity contribution is 0.170. The van der Waals surface area contributed by atoms with Crippen LogP contribution in [0.1, 0.15) is 19.4 Å². The molecule has 4 nitrogen and oxygen atoms in total. The Bertz CT molecular complexity index is 504. The minimum Gasteiger partial charge on any atom is -0.394 e. The van der Waals surface area contributed by atoms with E-state index in [2.05, 4.69) is 29.4 Å². The second-order valence-electron chi connectivity index (χ2n) is 4.90. The zero-order valence-electron chi connectivity index (χ0n) is 11.6. The standard InChI is InChI=1S/C14H19N3OS2/c1-11(2)16-14(8-18,12-6-4-3-5-7-12)9-19-13-17-15-10-20-13/h3-7,10-11,16,18H,8-9H2,1-2H3. The maximum absolute atomic E-state index is 10.00. The normalized spacial score (nSPS) is 14.4. The molecule has 2 rings (SSSR count). The van der Waals surface area contributed by atoms with Crippen molar-refractivity contribution >= 4 is 23.1 Å². The second-order valence-corrected chi connectivity index (χ2v) is 6.95. The maximum Gasteiger partial charge on any atom is 0.174 e. The average Bonchev–Trinajstić information content (AvgIpc) is 2.97. The Kier molecular flexibility index (Phi) is 5.54. The summed E-state index contributed by atoms with van der Waals surface area (Å²) < 4.78 is 0.921. The van der Waals surface area contributed by atoms with Crippen LogP contribution in [-0.2, 0) is 5.54 Å². The van der Waals surface area contributed by atoms with Gasteiger partial charge in [-0.2, -0.15) is 0 Å². The number of benzene rings is 1. The van der Waals surface area contributed by atoms with Gasteiger partial charge >= 0.3 is 0 Å². The molecule has 108 valence electrons. The van der Waals surface area contributed by atoms with Crippen LogP contribution < -0.4 is 5.32 Å². The number of nitrogens with one attached hydrogen (secondary N) is 1. The van der Waals surface area contributed by atoms with Gasteiger partial charge in [0.1, 0.15) is 5.51 Å². The fourth-order valence-electron chi connectivity index (χ4n) is 2.11. The zero-order chi connectivity index (χ0) is 14.4. The van der Waals surface area contributed by atoms with E-state index in [0.717, 1.165) is 9.90 Å². The smallest absolute Gasteiger partial charge is 0.174 e. The number of hydrogen-bond donors (Lipinski definition) is 2. The van der Waals surface area contributed by atoms with E-state index in [1.165, 1.54) is 11.3 Å². The first kappa shape index (κ1) is 15.4. The summed E-state index contributed by atoms with van der Waals surface area (Å²) in [6.07, 6.45) is 0. The second kappa shape index (κ2) is 7.17. The van der Waals surface area contributed by atoms with Crippen molar-refractivity contribution in [3.8, 4) is 0 Å². The third-order valence-corrected chi connectivity index (χ3v) is 5.03. The Balaban J connectivity index is 2.22. The molecule has 1 aromatic carbocycles. The largest absolute Gasteiger partial charge is 0.394 e. The van der Waals surface area contributed by atoms with Gasteiger partial charge in [-0.15, -0.1) is 10.2 Å². The number of thioether (sulfide) groups is 1. The lowest BCUT2D eigenvalue weighted by atomic mass is 9.92. The van der Waals surface area contributed by atoms with Crippen LogP contribution in [0.4, 0.5) is 0 Å². The van der Waals surface area contributed by atoms with Gasteiger partial charge in [0.05, 0.1) is 12.1 Å². The lowest BCUT2D eigenvalue weighted by Crippen LogP contribution is -2.50. The van der Waals surface area contributed by atoms with Crippen LogP contribution in [0, 0.1) is 0 Å². The van der Waals surface area contributed by atoms with E-state index in [1.807, 2.05) is 30.3 Å². The fourth-order valence-corrected chi connectivity index (χ4v) is 3.78. The molecular formula is C14H19N3OS2. The van der Waals surface area contributed by atoms with Crippen LogP contribution in [0.5, 0.6) is 0 Å². The number of nitrogens with zero attached hydrogens (tertiary/aromatic N) is 2. The Hall–Kier alpha value is -0.950.